The van der Waals surface area contributed by atoms with Crippen molar-refractivity contribution in [1.29, 1.82) is 0 Å². The van der Waals surface area contributed by atoms with Crippen LogP contribution in [0, 0.1) is 5.82 Å². The molecule has 7 heteroatoms. The standard InChI is InChI=1S/C16H17ClFN3O2/c1-21-14-4-2-3-13(11(14)8-19-21)20-16(22)9-23-15-6-5-10(18)7-12(15)17/h5-8,13H,2-4,9H2,1H3,(H,20,22)/t13-/m1/s1. The van der Waals surface area contributed by atoms with Gasteiger partial charge >= 0.3 is 0 Å². The number of nitrogens with zero attached hydrogens (tertiary/aromatic N) is 2. The minimum atomic E-state index is -0.446. The molecule has 1 amide bonds. The van der Waals surface area contributed by atoms with Crippen molar-refractivity contribution >= 4 is 17.5 Å². The SMILES string of the molecule is Cn1ncc2c1CCC[C@H]2NC(=O)COc1ccc(F)cc1Cl. The van der Waals surface area contributed by atoms with Crippen LogP contribution in [0.15, 0.2) is 24.4 Å². The fourth-order valence-electron chi connectivity index (χ4n) is 2.83. The normalized spacial score (nSPS) is 16.7. The fraction of sp³-hybridized carbons (Fsp3) is 0.375. The highest BCUT2D eigenvalue weighted by molar-refractivity contribution is 6.32. The molecule has 1 aliphatic rings. The molecule has 0 aliphatic heterocycles. The van der Waals surface area contributed by atoms with E-state index >= 15 is 0 Å². The molecular formula is C16H17ClFN3O2. The van der Waals surface area contributed by atoms with E-state index in [9.17, 15) is 9.18 Å². The lowest BCUT2D eigenvalue weighted by atomic mass is 9.93. The molecule has 23 heavy (non-hydrogen) atoms. The lowest BCUT2D eigenvalue weighted by Crippen LogP contribution is -2.34. The highest BCUT2D eigenvalue weighted by atomic mass is 35.5. The minimum Gasteiger partial charge on any atom is -0.482 e. The van der Waals surface area contributed by atoms with E-state index in [2.05, 4.69) is 10.4 Å². The summed E-state index contributed by atoms with van der Waals surface area (Å²) in [6.45, 7) is -0.169. The maximum atomic E-state index is 13.0. The average molecular weight is 338 g/mol. The minimum absolute atomic E-state index is 0.0489. The smallest absolute Gasteiger partial charge is 0.258 e. The van der Waals surface area contributed by atoms with E-state index in [0.29, 0.717) is 0 Å². The Balaban J connectivity index is 1.60. The summed E-state index contributed by atoms with van der Waals surface area (Å²) in [6, 6.07) is 3.75. The Morgan fingerprint density at radius 3 is 3.17 bits per heavy atom. The molecule has 5 nitrogen and oxygen atoms in total. The van der Waals surface area contributed by atoms with Crippen molar-refractivity contribution in [2.75, 3.05) is 6.61 Å². The zero-order valence-corrected chi connectivity index (χ0v) is 13.4. The van der Waals surface area contributed by atoms with E-state index in [1.807, 2.05) is 11.7 Å². The van der Waals surface area contributed by atoms with Gasteiger partial charge in [-0.3, -0.25) is 9.48 Å². The summed E-state index contributed by atoms with van der Waals surface area (Å²) in [6.07, 6.45) is 4.65. The monoisotopic (exact) mass is 337 g/mol. The van der Waals surface area contributed by atoms with Gasteiger partial charge in [0.15, 0.2) is 6.61 Å². The van der Waals surface area contributed by atoms with Gasteiger partial charge in [-0.05, 0) is 37.5 Å². The molecule has 1 aromatic carbocycles. The van der Waals surface area contributed by atoms with E-state index in [-0.39, 0.29) is 29.3 Å². The van der Waals surface area contributed by atoms with Crippen LogP contribution in [-0.2, 0) is 18.3 Å². The van der Waals surface area contributed by atoms with Crippen molar-refractivity contribution in [3.63, 3.8) is 0 Å². The molecule has 0 fully saturated rings. The number of rotatable bonds is 4. The largest absolute Gasteiger partial charge is 0.482 e. The van der Waals surface area contributed by atoms with Crippen LogP contribution >= 0.6 is 11.6 Å². The molecule has 3 rings (SSSR count). The van der Waals surface area contributed by atoms with Crippen LogP contribution in [0.4, 0.5) is 4.39 Å². The predicted molar refractivity (Wildman–Crippen MR) is 83.9 cm³/mol. The number of hydrogen-bond acceptors (Lipinski definition) is 3. The van der Waals surface area contributed by atoms with Crippen LogP contribution in [0.5, 0.6) is 5.75 Å². The predicted octanol–water partition coefficient (Wildman–Crippen LogP) is 2.79. The molecule has 0 unspecified atom stereocenters. The van der Waals surface area contributed by atoms with Crippen molar-refractivity contribution in [2.45, 2.75) is 25.3 Å². The number of aryl methyl sites for hydroxylation is 1. The Labute approximate surface area is 138 Å². The number of halogens is 2. The van der Waals surface area contributed by atoms with Crippen molar-refractivity contribution in [3.8, 4) is 5.75 Å². The third-order valence-corrected chi connectivity index (χ3v) is 4.26. The topological polar surface area (TPSA) is 56.2 Å². The molecule has 1 heterocycles. The van der Waals surface area contributed by atoms with Gasteiger partial charge in [-0.1, -0.05) is 11.6 Å². The third kappa shape index (κ3) is 3.47. The van der Waals surface area contributed by atoms with Crippen LogP contribution in [0.25, 0.3) is 0 Å². The summed E-state index contributed by atoms with van der Waals surface area (Å²) < 4.78 is 20.2. The Hall–Kier alpha value is -2.08. The van der Waals surface area contributed by atoms with Crippen molar-refractivity contribution in [1.82, 2.24) is 15.1 Å². The molecule has 1 N–H and O–H groups in total. The number of nitrogens with one attached hydrogen (secondary N) is 1. The summed E-state index contributed by atoms with van der Waals surface area (Å²) >= 11 is 5.87. The molecule has 0 radical (unpaired) electrons. The van der Waals surface area contributed by atoms with Gasteiger partial charge in [0.25, 0.3) is 5.91 Å². The summed E-state index contributed by atoms with van der Waals surface area (Å²) in [5, 5.41) is 7.35. The Kier molecular flexibility index (Phi) is 4.52. The molecule has 122 valence electrons. The molecule has 1 atom stereocenters. The Morgan fingerprint density at radius 2 is 2.39 bits per heavy atom. The lowest BCUT2D eigenvalue weighted by Gasteiger charge is -2.23. The second-order valence-electron chi connectivity index (χ2n) is 5.55. The van der Waals surface area contributed by atoms with E-state index in [1.54, 1.807) is 6.20 Å². The molecule has 0 spiro atoms. The van der Waals surface area contributed by atoms with Crippen molar-refractivity contribution in [2.24, 2.45) is 7.05 Å². The zero-order valence-electron chi connectivity index (χ0n) is 12.7. The van der Waals surface area contributed by atoms with Crippen LogP contribution in [-0.4, -0.2) is 22.3 Å². The second kappa shape index (κ2) is 6.58. The first-order valence-electron chi connectivity index (χ1n) is 7.42. The number of fused-ring (bicyclic) bond motifs is 1. The first kappa shape index (κ1) is 15.8. The number of aromatic nitrogens is 2. The summed E-state index contributed by atoms with van der Waals surface area (Å²) in [5.41, 5.74) is 2.22. The first-order valence-corrected chi connectivity index (χ1v) is 7.80. The third-order valence-electron chi connectivity index (χ3n) is 3.96. The van der Waals surface area contributed by atoms with E-state index in [1.165, 1.54) is 12.1 Å². The van der Waals surface area contributed by atoms with Crippen molar-refractivity contribution in [3.05, 3.63) is 46.5 Å². The second-order valence-corrected chi connectivity index (χ2v) is 5.95. The van der Waals surface area contributed by atoms with E-state index in [0.717, 1.165) is 36.6 Å². The van der Waals surface area contributed by atoms with Crippen molar-refractivity contribution < 1.29 is 13.9 Å². The van der Waals surface area contributed by atoms with Gasteiger partial charge in [-0.2, -0.15) is 5.10 Å². The number of carbonyl (C=O) groups excluding carboxylic acids is 1. The average Bonchev–Trinajstić information content (AvgIpc) is 2.89. The first-order chi connectivity index (χ1) is 11.0. The van der Waals surface area contributed by atoms with Gasteiger partial charge in [0.2, 0.25) is 0 Å². The molecule has 1 aromatic heterocycles. The van der Waals surface area contributed by atoms with Crippen LogP contribution in [0.2, 0.25) is 5.02 Å². The zero-order chi connectivity index (χ0) is 16.4. The highest BCUT2D eigenvalue weighted by Crippen LogP contribution is 2.29. The molecular weight excluding hydrogens is 321 g/mol. The maximum Gasteiger partial charge on any atom is 0.258 e. The summed E-state index contributed by atoms with van der Waals surface area (Å²) in [7, 11) is 1.91. The van der Waals surface area contributed by atoms with E-state index < -0.39 is 5.82 Å². The number of ether oxygens (including phenoxy) is 1. The number of benzene rings is 1. The summed E-state index contributed by atoms with van der Waals surface area (Å²) in [5.74, 6) is -0.404. The summed E-state index contributed by atoms with van der Waals surface area (Å²) in [4.78, 5) is 12.1. The van der Waals surface area contributed by atoms with Gasteiger partial charge in [0.05, 0.1) is 17.3 Å². The van der Waals surface area contributed by atoms with Crippen LogP contribution < -0.4 is 10.1 Å². The van der Waals surface area contributed by atoms with E-state index in [4.69, 9.17) is 16.3 Å². The molecule has 0 bridgehead atoms. The van der Waals surface area contributed by atoms with Crippen LogP contribution in [0.3, 0.4) is 0 Å². The van der Waals surface area contributed by atoms with Gasteiger partial charge < -0.3 is 10.1 Å². The quantitative estimate of drug-likeness (QED) is 0.933. The molecule has 2 aromatic rings. The van der Waals surface area contributed by atoms with Gasteiger partial charge in [-0.15, -0.1) is 0 Å². The highest BCUT2D eigenvalue weighted by Gasteiger charge is 2.24. The van der Waals surface area contributed by atoms with Gasteiger partial charge in [0, 0.05) is 18.3 Å². The number of carbonyl (C=O) groups is 1. The molecule has 0 saturated carbocycles. The maximum absolute atomic E-state index is 13.0. The number of amides is 1. The van der Waals surface area contributed by atoms with Gasteiger partial charge in [-0.25, -0.2) is 4.39 Å². The van der Waals surface area contributed by atoms with Crippen LogP contribution in [0.1, 0.15) is 30.1 Å². The number of hydrogen-bond donors (Lipinski definition) is 1. The Morgan fingerprint density at radius 1 is 1.57 bits per heavy atom. The fourth-order valence-corrected chi connectivity index (χ4v) is 3.05. The molecule has 0 saturated heterocycles. The lowest BCUT2D eigenvalue weighted by molar-refractivity contribution is -0.123. The van der Waals surface area contributed by atoms with Gasteiger partial charge in [0.1, 0.15) is 11.6 Å². The molecule has 1 aliphatic carbocycles. The Bertz CT molecular complexity index is 732.